The largest absolute Gasteiger partial charge is 0.381 e. The maximum absolute atomic E-state index is 5.48. The lowest BCUT2D eigenvalue weighted by molar-refractivity contribution is 0.0295. The lowest BCUT2D eigenvalue weighted by atomic mass is 10.0. The number of rotatable bonds is 2. The second-order valence-corrected chi connectivity index (χ2v) is 6.15. The quantitative estimate of drug-likeness (QED) is 0.799. The molecule has 0 amide bonds. The van der Waals surface area contributed by atoms with E-state index in [0.29, 0.717) is 6.04 Å². The average Bonchev–Trinajstić information content (AvgIpc) is 2.98. The van der Waals surface area contributed by atoms with Crippen LogP contribution in [-0.4, -0.2) is 30.7 Å². The standard InChI is InChI=1S/C14H21NOS/c1-11-6-10-17-14(11)13-3-2-7-15(13)12-4-8-16-9-5-12/h6,10,12-13H,2-5,7-9H2,1H3. The van der Waals surface area contributed by atoms with Crippen LogP contribution in [0.15, 0.2) is 11.4 Å². The number of likely N-dealkylation sites (tertiary alicyclic amines) is 1. The second-order valence-electron chi connectivity index (χ2n) is 5.21. The van der Waals surface area contributed by atoms with Crippen molar-refractivity contribution in [3.63, 3.8) is 0 Å². The first-order valence-corrected chi connectivity index (χ1v) is 7.61. The van der Waals surface area contributed by atoms with Gasteiger partial charge in [-0.25, -0.2) is 0 Å². The molecule has 0 aliphatic carbocycles. The number of aryl methyl sites for hydroxylation is 1. The van der Waals surface area contributed by atoms with Gasteiger partial charge in [0.15, 0.2) is 0 Å². The van der Waals surface area contributed by atoms with E-state index in [1.165, 1.54) is 37.8 Å². The van der Waals surface area contributed by atoms with Crippen molar-refractivity contribution in [2.75, 3.05) is 19.8 Å². The second kappa shape index (κ2) is 5.09. The minimum Gasteiger partial charge on any atom is -0.381 e. The highest BCUT2D eigenvalue weighted by atomic mass is 32.1. The molecular formula is C14H21NOS. The van der Waals surface area contributed by atoms with Crippen molar-refractivity contribution in [2.45, 2.75) is 44.7 Å². The summed E-state index contributed by atoms with van der Waals surface area (Å²) in [6, 6.07) is 3.72. The zero-order valence-corrected chi connectivity index (χ0v) is 11.3. The van der Waals surface area contributed by atoms with Gasteiger partial charge < -0.3 is 4.74 Å². The first-order valence-electron chi connectivity index (χ1n) is 6.74. The predicted octanol–water partition coefficient (Wildman–Crippen LogP) is 3.37. The average molecular weight is 251 g/mol. The van der Waals surface area contributed by atoms with E-state index in [1.54, 1.807) is 4.88 Å². The van der Waals surface area contributed by atoms with Crippen LogP contribution in [-0.2, 0) is 4.74 Å². The SMILES string of the molecule is Cc1ccsc1C1CCCN1C1CCOCC1. The topological polar surface area (TPSA) is 12.5 Å². The van der Waals surface area contributed by atoms with Gasteiger partial charge in [-0.05, 0) is 56.2 Å². The van der Waals surface area contributed by atoms with Crippen molar-refractivity contribution in [3.05, 3.63) is 21.9 Å². The van der Waals surface area contributed by atoms with Crippen LogP contribution in [0.2, 0.25) is 0 Å². The van der Waals surface area contributed by atoms with E-state index in [1.807, 2.05) is 11.3 Å². The number of ether oxygens (including phenoxy) is 1. The highest BCUT2D eigenvalue weighted by Crippen LogP contribution is 2.39. The van der Waals surface area contributed by atoms with E-state index in [-0.39, 0.29) is 0 Å². The van der Waals surface area contributed by atoms with Gasteiger partial charge in [0.1, 0.15) is 0 Å². The molecular weight excluding hydrogens is 230 g/mol. The molecule has 17 heavy (non-hydrogen) atoms. The first kappa shape index (κ1) is 11.7. The molecule has 3 heteroatoms. The molecule has 0 spiro atoms. The molecule has 2 aliphatic heterocycles. The lowest BCUT2D eigenvalue weighted by Gasteiger charge is -2.35. The molecule has 2 fully saturated rings. The van der Waals surface area contributed by atoms with Gasteiger partial charge >= 0.3 is 0 Å². The normalized spacial score (nSPS) is 27.7. The molecule has 0 radical (unpaired) electrons. The van der Waals surface area contributed by atoms with Crippen molar-refractivity contribution in [1.29, 1.82) is 0 Å². The van der Waals surface area contributed by atoms with E-state index in [2.05, 4.69) is 23.3 Å². The Bertz CT molecular complexity index is 370. The number of thiophene rings is 1. The van der Waals surface area contributed by atoms with Gasteiger partial charge in [-0.3, -0.25) is 4.90 Å². The Balaban J connectivity index is 1.77. The molecule has 0 aromatic carbocycles. The van der Waals surface area contributed by atoms with Crippen LogP contribution in [0.3, 0.4) is 0 Å². The van der Waals surface area contributed by atoms with E-state index >= 15 is 0 Å². The third-order valence-corrected chi connectivity index (χ3v) is 5.28. The van der Waals surface area contributed by atoms with Crippen LogP contribution in [0.4, 0.5) is 0 Å². The van der Waals surface area contributed by atoms with Crippen molar-refractivity contribution >= 4 is 11.3 Å². The highest BCUT2D eigenvalue weighted by molar-refractivity contribution is 7.10. The van der Waals surface area contributed by atoms with Crippen LogP contribution in [0.25, 0.3) is 0 Å². The highest BCUT2D eigenvalue weighted by Gasteiger charge is 2.33. The third kappa shape index (κ3) is 2.28. The van der Waals surface area contributed by atoms with Crippen LogP contribution in [0, 0.1) is 6.92 Å². The van der Waals surface area contributed by atoms with Crippen molar-refractivity contribution in [3.8, 4) is 0 Å². The monoisotopic (exact) mass is 251 g/mol. The maximum Gasteiger partial charge on any atom is 0.0480 e. The molecule has 0 N–H and O–H groups in total. The summed E-state index contributed by atoms with van der Waals surface area (Å²) in [6.45, 7) is 5.45. The molecule has 94 valence electrons. The van der Waals surface area contributed by atoms with E-state index < -0.39 is 0 Å². The fourth-order valence-electron chi connectivity index (χ4n) is 3.25. The van der Waals surface area contributed by atoms with Crippen LogP contribution in [0.5, 0.6) is 0 Å². The number of hydrogen-bond donors (Lipinski definition) is 0. The fraction of sp³-hybridized carbons (Fsp3) is 0.714. The minimum atomic E-state index is 0.693. The molecule has 1 aromatic rings. The Hall–Kier alpha value is -0.380. The molecule has 0 bridgehead atoms. The summed E-state index contributed by atoms with van der Waals surface area (Å²) < 4.78 is 5.48. The van der Waals surface area contributed by atoms with Crippen molar-refractivity contribution in [2.24, 2.45) is 0 Å². The molecule has 3 rings (SSSR count). The summed E-state index contributed by atoms with van der Waals surface area (Å²) >= 11 is 1.94. The predicted molar refractivity (Wildman–Crippen MR) is 71.6 cm³/mol. The summed E-state index contributed by atoms with van der Waals surface area (Å²) in [5, 5.41) is 2.24. The molecule has 2 aliphatic rings. The molecule has 0 saturated carbocycles. The minimum absolute atomic E-state index is 0.693. The zero-order valence-electron chi connectivity index (χ0n) is 10.5. The molecule has 1 aromatic heterocycles. The summed E-state index contributed by atoms with van der Waals surface area (Å²) in [6.07, 6.45) is 5.15. The van der Waals surface area contributed by atoms with Crippen LogP contribution < -0.4 is 0 Å². The van der Waals surface area contributed by atoms with Gasteiger partial charge in [0.25, 0.3) is 0 Å². The van der Waals surface area contributed by atoms with Crippen LogP contribution in [0.1, 0.15) is 42.2 Å². The summed E-state index contributed by atoms with van der Waals surface area (Å²) in [5.74, 6) is 0. The number of nitrogens with zero attached hydrogens (tertiary/aromatic N) is 1. The van der Waals surface area contributed by atoms with Gasteiger partial charge in [0.2, 0.25) is 0 Å². The zero-order chi connectivity index (χ0) is 11.7. The van der Waals surface area contributed by atoms with Gasteiger partial charge in [0, 0.05) is 30.2 Å². The Labute approximate surface area is 108 Å². The third-order valence-electron chi connectivity index (χ3n) is 4.16. The van der Waals surface area contributed by atoms with Gasteiger partial charge in [-0.1, -0.05) is 0 Å². The maximum atomic E-state index is 5.48. The number of hydrogen-bond acceptors (Lipinski definition) is 3. The molecule has 3 heterocycles. The van der Waals surface area contributed by atoms with Gasteiger partial charge in [0.05, 0.1) is 0 Å². The Morgan fingerprint density at radius 1 is 1.29 bits per heavy atom. The lowest BCUT2D eigenvalue weighted by Crippen LogP contribution is -2.38. The van der Waals surface area contributed by atoms with E-state index in [9.17, 15) is 0 Å². The van der Waals surface area contributed by atoms with Crippen LogP contribution >= 0.6 is 11.3 Å². The molecule has 2 nitrogen and oxygen atoms in total. The van der Waals surface area contributed by atoms with Gasteiger partial charge in [-0.15, -0.1) is 11.3 Å². The summed E-state index contributed by atoms with van der Waals surface area (Å²) in [7, 11) is 0. The summed E-state index contributed by atoms with van der Waals surface area (Å²) in [4.78, 5) is 4.36. The van der Waals surface area contributed by atoms with Crippen molar-refractivity contribution < 1.29 is 4.74 Å². The molecule has 1 atom stereocenters. The molecule has 1 unspecified atom stereocenters. The van der Waals surface area contributed by atoms with Gasteiger partial charge in [-0.2, -0.15) is 0 Å². The van der Waals surface area contributed by atoms with Crippen molar-refractivity contribution in [1.82, 2.24) is 4.90 Å². The fourth-order valence-corrected chi connectivity index (χ4v) is 4.33. The molecule has 2 saturated heterocycles. The Kier molecular flexibility index (Phi) is 3.50. The first-order chi connectivity index (χ1) is 8.36. The Morgan fingerprint density at radius 2 is 2.12 bits per heavy atom. The van der Waals surface area contributed by atoms with E-state index in [4.69, 9.17) is 4.74 Å². The smallest absolute Gasteiger partial charge is 0.0480 e. The Morgan fingerprint density at radius 3 is 2.82 bits per heavy atom. The summed E-state index contributed by atoms with van der Waals surface area (Å²) in [5.41, 5.74) is 1.49. The van der Waals surface area contributed by atoms with E-state index in [0.717, 1.165) is 19.3 Å².